The molecule has 3 aromatic rings. The molecule has 1 N–H and O–H groups in total. The van der Waals surface area contributed by atoms with Crippen LogP contribution < -0.4 is 15.0 Å². The Bertz CT molecular complexity index is 991. The molecule has 1 unspecified atom stereocenters. The van der Waals surface area contributed by atoms with Gasteiger partial charge in [-0.3, -0.25) is 0 Å². The average molecular weight is 377 g/mol. The van der Waals surface area contributed by atoms with Crippen LogP contribution in [0.2, 0.25) is 0 Å². The van der Waals surface area contributed by atoms with Crippen LogP contribution in [0.5, 0.6) is 11.5 Å². The van der Waals surface area contributed by atoms with Crippen molar-refractivity contribution in [3.8, 4) is 22.8 Å². The highest BCUT2D eigenvalue weighted by Gasteiger charge is 2.17. The summed E-state index contributed by atoms with van der Waals surface area (Å²) in [6, 6.07) is 15.2. The third kappa shape index (κ3) is 3.74. The summed E-state index contributed by atoms with van der Waals surface area (Å²) >= 11 is 0. The van der Waals surface area contributed by atoms with E-state index in [9.17, 15) is 0 Å². The first-order chi connectivity index (χ1) is 13.8. The molecule has 0 spiro atoms. The number of aliphatic imine (C=N–C) groups is 1. The van der Waals surface area contributed by atoms with Gasteiger partial charge >= 0.3 is 0 Å². The zero-order valence-electron chi connectivity index (χ0n) is 15.5. The van der Waals surface area contributed by atoms with Crippen molar-refractivity contribution in [2.75, 3.05) is 14.2 Å². The number of nitrogens with zero attached hydrogens (tertiary/aromatic N) is 2. The fourth-order valence-electron chi connectivity index (χ4n) is 2.78. The van der Waals surface area contributed by atoms with E-state index in [1.54, 1.807) is 20.5 Å². The Morgan fingerprint density at radius 1 is 0.929 bits per heavy atom. The molecule has 7 heteroatoms. The van der Waals surface area contributed by atoms with Gasteiger partial charge in [0.25, 0.3) is 0 Å². The maximum atomic E-state index is 5.51. The van der Waals surface area contributed by atoms with Gasteiger partial charge in [-0.1, -0.05) is 5.16 Å². The maximum Gasteiger partial charge on any atom is 0.196 e. The van der Waals surface area contributed by atoms with Gasteiger partial charge in [-0.2, -0.15) is 0 Å². The van der Waals surface area contributed by atoms with Crippen molar-refractivity contribution < 1.29 is 18.8 Å². The molecule has 0 saturated carbocycles. The van der Waals surface area contributed by atoms with Crippen LogP contribution in [0, 0.1) is 0 Å². The predicted molar refractivity (Wildman–Crippen MR) is 105 cm³/mol. The highest BCUT2D eigenvalue weighted by Crippen LogP contribution is 2.26. The summed E-state index contributed by atoms with van der Waals surface area (Å²) < 4.78 is 15.5. The Labute approximate surface area is 162 Å². The van der Waals surface area contributed by atoms with Gasteiger partial charge in [-0.25, -0.2) is 15.3 Å². The fourth-order valence-corrected chi connectivity index (χ4v) is 2.78. The molecular formula is C21H19N3O4. The molecule has 0 bridgehead atoms. The molecule has 1 aliphatic heterocycles. The van der Waals surface area contributed by atoms with Crippen molar-refractivity contribution in [1.82, 2.24) is 10.6 Å². The lowest BCUT2D eigenvalue weighted by atomic mass is 10.1. The lowest BCUT2D eigenvalue weighted by Crippen LogP contribution is -2.18. The van der Waals surface area contributed by atoms with E-state index >= 15 is 0 Å². The number of benzene rings is 2. The molecule has 2 aromatic carbocycles. The van der Waals surface area contributed by atoms with Gasteiger partial charge in [0.2, 0.25) is 0 Å². The van der Waals surface area contributed by atoms with Crippen LogP contribution in [-0.2, 0) is 4.84 Å². The van der Waals surface area contributed by atoms with Crippen molar-refractivity contribution in [1.29, 1.82) is 0 Å². The Balaban J connectivity index is 1.49. The molecule has 0 fully saturated rings. The first-order valence-corrected chi connectivity index (χ1v) is 8.68. The lowest BCUT2D eigenvalue weighted by molar-refractivity contribution is 0.0682. The molecular weight excluding hydrogens is 358 g/mol. The second-order valence-electron chi connectivity index (χ2n) is 6.02. The van der Waals surface area contributed by atoms with Gasteiger partial charge in [0.1, 0.15) is 23.5 Å². The third-order valence-electron chi connectivity index (χ3n) is 4.30. The quantitative estimate of drug-likeness (QED) is 0.706. The van der Waals surface area contributed by atoms with Gasteiger partial charge in [-0.15, -0.1) is 0 Å². The van der Waals surface area contributed by atoms with Gasteiger partial charge in [0.05, 0.1) is 14.2 Å². The predicted octanol–water partition coefficient (Wildman–Crippen LogP) is 3.68. The highest BCUT2D eigenvalue weighted by molar-refractivity contribution is 5.99. The number of hydrogen-bond acceptors (Lipinski definition) is 7. The molecule has 4 rings (SSSR count). The maximum absolute atomic E-state index is 5.51. The summed E-state index contributed by atoms with van der Waals surface area (Å²) in [6.45, 7) is 0. The summed E-state index contributed by atoms with van der Waals surface area (Å²) in [5, 5.41) is 4.09. The van der Waals surface area contributed by atoms with E-state index in [4.69, 9.17) is 18.8 Å². The minimum absolute atomic E-state index is 0.448. The molecule has 0 radical (unpaired) electrons. The van der Waals surface area contributed by atoms with Crippen molar-refractivity contribution in [3.05, 3.63) is 72.0 Å². The molecule has 0 amide bonds. The molecule has 1 aliphatic rings. The minimum atomic E-state index is -0.448. The SMILES string of the molecule is COc1ccc(C2=NC(/C=C/c3conc3-c3ccc(OC)cc3)ON2)cc1. The van der Waals surface area contributed by atoms with Crippen molar-refractivity contribution in [3.63, 3.8) is 0 Å². The molecule has 7 nitrogen and oxygen atoms in total. The Hall–Kier alpha value is -3.58. The van der Waals surface area contributed by atoms with E-state index in [1.807, 2.05) is 60.7 Å². The number of amidine groups is 1. The van der Waals surface area contributed by atoms with Gasteiger partial charge < -0.3 is 14.0 Å². The number of nitrogens with one attached hydrogen (secondary N) is 1. The van der Waals surface area contributed by atoms with Gasteiger partial charge in [0, 0.05) is 16.7 Å². The van der Waals surface area contributed by atoms with Gasteiger partial charge in [0.15, 0.2) is 12.1 Å². The zero-order chi connectivity index (χ0) is 19.3. The number of aromatic nitrogens is 1. The van der Waals surface area contributed by atoms with Crippen molar-refractivity contribution in [2.45, 2.75) is 6.23 Å². The smallest absolute Gasteiger partial charge is 0.196 e. The zero-order valence-corrected chi connectivity index (χ0v) is 15.5. The number of ether oxygens (including phenoxy) is 2. The Morgan fingerprint density at radius 2 is 1.57 bits per heavy atom. The first kappa shape index (κ1) is 17.8. The summed E-state index contributed by atoms with van der Waals surface area (Å²) in [5.41, 5.74) is 6.28. The minimum Gasteiger partial charge on any atom is -0.497 e. The molecule has 0 aliphatic carbocycles. The average Bonchev–Trinajstić information content (AvgIpc) is 3.42. The van der Waals surface area contributed by atoms with E-state index in [-0.39, 0.29) is 0 Å². The number of methoxy groups -OCH3 is 2. The van der Waals surface area contributed by atoms with Crippen LogP contribution in [0.1, 0.15) is 11.1 Å². The van der Waals surface area contributed by atoms with Crippen LogP contribution >= 0.6 is 0 Å². The fraction of sp³-hybridized carbons (Fsp3) is 0.143. The third-order valence-corrected chi connectivity index (χ3v) is 4.30. The van der Waals surface area contributed by atoms with Crippen LogP contribution in [0.4, 0.5) is 0 Å². The Morgan fingerprint density at radius 3 is 2.21 bits per heavy atom. The van der Waals surface area contributed by atoms with E-state index in [0.717, 1.165) is 33.9 Å². The molecule has 2 heterocycles. The van der Waals surface area contributed by atoms with Crippen molar-refractivity contribution in [2.24, 2.45) is 4.99 Å². The second kappa shape index (κ2) is 7.98. The highest BCUT2D eigenvalue weighted by atomic mass is 16.7. The van der Waals surface area contributed by atoms with E-state index in [0.29, 0.717) is 5.84 Å². The van der Waals surface area contributed by atoms with Crippen LogP contribution in [-0.4, -0.2) is 31.4 Å². The molecule has 28 heavy (non-hydrogen) atoms. The number of hydrogen-bond donors (Lipinski definition) is 1. The molecule has 1 atom stereocenters. The lowest BCUT2D eigenvalue weighted by Gasteiger charge is -2.02. The van der Waals surface area contributed by atoms with Crippen LogP contribution in [0.3, 0.4) is 0 Å². The van der Waals surface area contributed by atoms with Gasteiger partial charge in [-0.05, 0) is 60.7 Å². The molecule has 142 valence electrons. The first-order valence-electron chi connectivity index (χ1n) is 8.68. The van der Waals surface area contributed by atoms with E-state index in [1.165, 1.54) is 0 Å². The van der Waals surface area contributed by atoms with Crippen LogP contribution in [0.25, 0.3) is 17.3 Å². The number of rotatable bonds is 6. The van der Waals surface area contributed by atoms with E-state index in [2.05, 4.69) is 15.6 Å². The van der Waals surface area contributed by atoms with E-state index < -0.39 is 6.23 Å². The molecule has 0 saturated heterocycles. The normalized spacial score (nSPS) is 16.1. The molecule has 1 aromatic heterocycles. The summed E-state index contributed by atoms with van der Waals surface area (Å²) in [5.74, 6) is 2.24. The van der Waals surface area contributed by atoms with Crippen molar-refractivity contribution >= 4 is 11.9 Å². The Kier molecular flexibility index (Phi) is 5.07. The monoisotopic (exact) mass is 377 g/mol. The standard InChI is InChI=1S/C21H19N3O4/c1-25-17-8-3-14(4-9-17)20-16(13-27-23-20)7-12-19-22-21(24-28-19)15-5-10-18(26-2)11-6-15/h3-13,19H,1-2H3,(H,22,24)/b12-7+. The second-order valence-corrected chi connectivity index (χ2v) is 6.02. The summed E-state index contributed by atoms with van der Waals surface area (Å²) in [7, 11) is 3.27. The topological polar surface area (TPSA) is 78.1 Å². The summed E-state index contributed by atoms with van der Waals surface area (Å²) in [6.07, 6.45) is 4.86. The van der Waals surface area contributed by atoms with Crippen LogP contribution in [0.15, 0.2) is 70.4 Å². The largest absolute Gasteiger partial charge is 0.497 e. The summed E-state index contributed by atoms with van der Waals surface area (Å²) in [4.78, 5) is 10.0. The number of hydroxylamine groups is 1.